The summed E-state index contributed by atoms with van der Waals surface area (Å²) in [4.78, 5) is 9.61. The Balaban J connectivity index is 0. The maximum absolute atomic E-state index is 11.3. The number of carbonyl (C=O) groups excluding carboxylic acids is 1. The van der Waals surface area contributed by atoms with Crippen LogP contribution in [0.5, 0.6) is 0 Å². The first kappa shape index (κ1) is 17.1. The molecule has 3 nitrogen and oxygen atoms in total. The molecule has 0 aliphatic rings. The van der Waals surface area contributed by atoms with E-state index >= 15 is 0 Å². The number of carbonyl (C=O) groups is 1. The summed E-state index contributed by atoms with van der Waals surface area (Å²) < 4.78 is 43.2. The monoisotopic (exact) mass is 248 g/mol. The van der Waals surface area contributed by atoms with Crippen LogP contribution in [0.25, 0.3) is 0 Å². The molecule has 7 heteroatoms. The Bertz CT molecular complexity index is 160. The third-order valence-corrected chi connectivity index (χ3v) is 1.57. The molecule has 0 rings (SSSR count). The van der Waals surface area contributed by atoms with Crippen molar-refractivity contribution in [3.8, 4) is 0 Å². The molecular weight excluding hydrogens is 233 g/mol. The van der Waals surface area contributed by atoms with Gasteiger partial charge in [0.1, 0.15) is 6.29 Å². The molecule has 0 saturated carbocycles. The van der Waals surface area contributed by atoms with Gasteiger partial charge in [0.05, 0.1) is 11.7 Å². The zero-order chi connectivity index (χ0) is 12.5. The molecule has 0 N–H and O–H groups in total. The lowest BCUT2D eigenvalue weighted by Crippen LogP contribution is -2.15. The number of hydrogen-bond acceptors (Lipinski definition) is 4. The zero-order valence-electron chi connectivity index (χ0n) is 8.75. The van der Waals surface area contributed by atoms with E-state index in [0.29, 0.717) is 0 Å². The minimum Gasteiger partial charge on any atom is -0.356 e. The molecule has 15 heavy (non-hydrogen) atoms. The summed E-state index contributed by atoms with van der Waals surface area (Å²) in [5, 5.41) is -1.22. The van der Waals surface area contributed by atoms with Gasteiger partial charge in [0, 0.05) is 14.2 Å². The molecule has 0 spiro atoms. The molecule has 0 heterocycles. The van der Waals surface area contributed by atoms with Crippen LogP contribution in [0.3, 0.4) is 0 Å². The van der Waals surface area contributed by atoms with E-state index in [1.54, 1.807) is 14.2 Å². The van der Waals surface area contributed by atoms with Crippen molar-refractivity contribution >= 4 is 18.9 Å². The molecule has 0 aromatic heterocycles. The smallest absolute Gasteiger partial charge is 0.356 e. The average molecular weight is 248 g/mol. The Morgan fingerprint density at radius 1 is 1.33 bits per heavy atom. The number of aldehydes is 1. The first-order valence-electron chi connectivity index (χ1n) is 4.02. The molecule has 0 aliphatic carbocycles. The SMILES string of the molecule is COC(C)OC.O=CC(S)CC(F)(F)F. The predicted molar refractivity (Wildman–Crippen MR) is 53.0 cm³/mol. The molecule has 0 aromatic rings. The first-order chi connectivity index (χ1) is 6.76. The Kier molecular flexibility index (Phi) is 10.3. The molecular formula is C8H15F3O3S. The van der Waals surface area contributed by atoms with Gasteiger partial charge in [-0.05, 0) is 6.92 Å². The van der Waals surface area contributed by atoms with Gasteiger partial charge in [-0.2, -0.15) is 25.8 Å². The van der Waals surface area contributed by atoms with Crippen LogP contribution in [0.4, 0.5) is 13.2 Å². The van der Waals surface area contributed by atoms with Crippen molar-refractivity contribution < 1.29 is 27.4 Å². The minimum absolute atomic E-state index is 0.0648. The van der Waals surface area contributed by atoms with E-state index in [2.05, 4.69) is 22.1 Å². The van der Waals surface area contributed by atoms with Crippen LogP contribution in [-0.2, 0) is 14.3 Å². The van der Waals surface area contributed by atoms with Crippen LogP contribution in [0.2, 0.25) is 0 Å². The zero-order valence-corrected chi connectivity index (χ0v) is 9.64. The second-order valence-electron chi connectivity index (χ2n) is 2.56. The van der Waals surface area contributed by atoms with Crippen molar-refractivity contribution in [3.63, 3.8) is 0 Å². The van der Waals surface area contributed by atoms with E-state index < -0.39 is 17.8 Å². The maximum Gasteiger partial charge on any atom is 0.390 e. The fraction of sp³-hybridized carbons (Fsp3) is 0.875. The number of thiol groups is 1. The van der Waals surface area contributed by atoms with Crippen LogP contribution >= 0.6 is 12.6 Å². The van der Waals surface area contributed by atoms with Crippen molar-refractivity contribution in [2.45, 2.75) is 31.1 Å². The molecule has 0 amide bonds. The average Bonchev–Trinajstić information content (AvgIpc) is 2.15. The summed E-state index contributed by atoms with van der Waals surface area (Å²) in [6.45, 7) is 1.83. The molecule has 0 aliphatic heterocycles. The van der Waals surface area contributed by atoms with Crippen molar-refractivity contribution in [1.29, 1.82) is 0 Å². The van der Waals surface area contributed by atoms with Gasteiger partial charge in [-0.25, -0.2) is 0 Å². The lowest BCUT2D eigenvalue weighted by atomic mass is 10.3. The van der Waals surface area contributed by atoms with Gasteiger partial charge in [0.15, 0.2) is 6.29 Å². The summed E-state index contributed by atoms with van der Waals surface area (Å²) in [6, 6.07) is 0. The van der Waals surface area contributed by atoms with Gasteiger partial charge < -0.3 is 14.3 Å². The second kappa shape index (κ2) is 8.99. The highest BCUT2D eigenvalue weighted by Gasteiger charge is 2.29. The Morgan fingerprint density at radius 3 is 1.80 bits per heavy atom. The Morgan fingerprint density at radius 2 is 1.73 bits per heavy atom. The van der Waals surface area contributed by atoms with E-state index in [-0.39, 0.29) is 12.6 Å². The van der Waals surface area contributed by atoms with Gasteiger partial charge in [0.2, 0.25) is 0 Å². The second-order valence-corrected chi connectivity index (χ2v) is 3.23. The summed E-state index contributed by atoms with van der Waals surface area (Å²) >= 11 is 3.34. The lowest BCUT2D eigenvalue weighted by molar-refractivity contribution is -0.137. The van der Waals surface area contributed by atoms with Gasteiger partial charge in [-0.15, -0.1) is 0 Å². The highest BCUT2D eigenvalue weighted by molar-refractivity contribution is 7.81. The van der Waals surface area contributed by atoms with Crippen molar-refractivity contribution in [2.75, 3.05) is 14.2 Å². The van der Waals surface area contributed by atoms with Gasteiger partial charge in [-0.3, -0.25) is 0 Å². The number of alkyl halides is 3. The summed E-state index contributed by atoms with van der Waals surface area (Å²) in [5.41, 5.74) is 0. The van der Waals surface area contributed by atoms with Crippen LogP contribution in [0.1, 0.15) is 13.3 Å². The highest BCUT2D eigenvalue weighted by atomic mass is 32.1. The molecule has 0 fully saturated rings. The maximum atomic E-state index is 11.3. The largest absolute Gasteiger partial charge is 0.390 e. The fourth-order valence-corrected chi connectivity index (χ4v) is 0.588. The van der Waals surface area contributed by atoms with E-state index in [0.717, 1.165) is 0 Å². The third kappa shape index (κ3) is 16.4. The Labute approximate surface area is 92.3 Å². The van der Waals surface area contributed by atoms with Gasteiger partial charge >= 0.3 is 6.18 Å². The molecule has 0 aromatic carbocycles. The highest BCUT2D eigenvalue weighted by Crippen LogP contribution is 2.22. The molecule has 0 radical (unpaired) electrons. The third-order valence-electron chi connectivity index (χ3n) is 1.26. The molecule has 1 unspecified atom stereocenters. The van der Waals surface area contributed by atoms with Crippen LogP contribution in [-0.4, -0.2) is 38.2 Å². The number of methoxy groups -OCH3 is 2. The lowest BCUT2D eigenvalue weighted by Gasteiger charge is -2.05. The Hall–Kier alpha value is -0.270. The molecule has 0 saturated heterocycles. The predicted octanol–water partition coefficient (Wildman–Crippen LogP) is 2.06. The fourth-order valence-electron chi connectivity index (χ4n) is 0.381. The van der Waals surface area contributed by atoms with Crippen LogP contribution in [0, 0.1) is 0 Å². The van der Waals surface area contributed by atoms with Crippen LogP contribution in [0.15, 0.2) is 0 Å². The number of hydrogen-bond donors (Lipinski definition) is 1. The van der Waals surface area contributed by atoms with Crippen molar-refractivity contribution in [2.24, 2.45) is 0 Å². The topological polar surface area (TPSA) is 35.5 Å². The van der Waals surface area contributed by atoms with Gasteiger partial charge in [0.25, 0.3) is 0 Å². The van der Waals surface area contributed by atoms with E-state index in [1.165, 1.54) is 0 Å². The normalized spacial score (nSPS) is 13.1. The van der Waals surface area contributed by atoms with E-state index in [9.17, 15) is 18.0 Å². The summed E-state index contributed by atoms with van der Waals surface area (Å²) in [6.07, 6.45) is -5.34. The summed E-state index contributed by atoms with van der Waals surface area (Å²) in [7, 11) is 3.21. The summed E-state index contributed by atoms with van der Waals surface area (Å²) in [5.74, 6) is 0. The van der Waals surface area contributed by atoms with Crippen molar-refractivity contribution in [1.82, 2.24) is 0 Å². The van der Waals surface area contributed by atoms with Gasteiger partial charge in [-0.1, -0.05) is 0 Å². The van der Waals surface area contributed by atoms with E-state index in [1.807, 2.05) is 6.92 Å². The van der Waals surface area contributed by atoms with Crippen molar-refractivity contribution in [3.05, 3.63) is 0 Å². The van der Waals surface area contributed by atoms with Crippen LogP contribution < -0.4 is 0 Å². The quantitative estimate of drug-likeness (QED) is 0.470. The van der Waals surface area contributed by atoms with E-state index in [4.69, 9.17) is 0 Å². The first-order valence-corrected chi connectivity index (χ1v) is 4.54. The molecule has 0 bridgehead atoms. The molecule has 92 valence electrons. The minimum atomic E-state index is -4.28. The number of rotatable bonds is 4. The standard InChI is InChI=1S/C4H5F3OS.C4H10O2/c5-4(6,7)1-3(9)2-8;1-4(5-2)6-3/h2-3,9H,1H2;4H,1-3H3. The number of ether oxygens (including phenoxy) is 2. The number of halogens is 3. The molecule has 1 atom stereocenters.